The molecule has 3 aromatic rings. The number of rotatable bonds is 4. The summed E-state index contributed by atoms with van der Waals surface area (Å²) >= 11 is 0. The Morgan fingerprint density at radius 1 is 1.22 bits per heavy atom. The number of hydrogen-bond acceptors (Lipinski definition) is 9. The third-order valence-electron chi connectivity index (χ3n) is 3.92. The van der Waals surface area contributed by atoms with Crippen molar-refractivity contribution in [2.75, 3.05) is 31.2 Å². The Kier molecular flexibility index (Phi) is 5.70. The van der Waals surface area contributed by atoms with Gasteiger partial charge >= 0.3 is 29.6 Å². The molecule has 0 amide bonds. The van der Waals surface area contributed by atoms with Gasteiger partial charge in [0.1, 0.15) is 17.8 Å². The van der Waals surface area contributed by atoms with E-state index < -0.39 is 17.2 Å². The van der Waals surface area contributed by atoms with Crippen LogP contribution in [0.5, 0.6) is 0 Å². The molecule has 1 saturated heterocycles. The van der Waals surface area contributed by atoms with Crippen molar-refractivity contribution in [2.45, 2.75) is 0 Å². The molecule has 0 aliphatic carbocycles. The molecule has 4 heterocycles. The van der Waals surface area contributed by atoms with Crippen LogP contribution < -0.4 is 45.1 Å². The number of aromatic carboxylic acids is 1. The first-order chi connectivity index (χ1) is 12.6. The molecule has 3 aromatic heterocycles. The maximum atomic E-state index is 12.7. The van der Waals surface area contributed by atoms with Gasteiger partial charge in [-0.25, -0.2) is 14.6 Å². The van der Waals surface area contributed by atoms with Gasteiger partial charge in [0.2, 0.25) is 0 Å². The fourth-order valence-electron chi connectivity index (χ4n) is 2.70. The molecule has 0 unspecified atom stereocenters. The summed E-state index contributed by atoms with van der Waals surface area (Å²) in [6, 6.07) is 1.59. The molecular formula is C14H13N8NaO4. The molecular weight excluding hydrogens is 367 g/mol. The zero-order chi connectivity index (χ0) is 18.1. The van der Waals surface area contributed by atoms with E-state index in [0.29, 0.717) is 32.1 Å². The van der Waals surface area contributed by atoms with Gasteiger partial charge in [-0.2, -0.15) is 4.68 Å². The standard InChI is InChI=1S/C14H14N8O4.Na/c23-13-12(21-2-1-17-19-21)11(14(24)25)18-22(13)10-7-9(15-8-16-10)20-3-5-26-6-4-20;/h1-2,7-8,18H,3-6H2,(H,24,25);/q;+1/p-1. The average Bonchev–Trinajstić information content (AvgIpc) is 3.30. The maximum absolute atomic E-state index is 12.7. The van der Waals surface area contributed by atoms with Crippen LogP contribution in [0.4, 0.5) is 5.82 Å². The zero-order valence-electron chi connectivity index (χ0n) is 14.4. The minimum absolute atomic E-state index is 0. The largest absolute Gasteiger partial charge is 1.00 e. The second-order valence-electron chi connectivity index (χ2n) is 5.44. The van der Waals surface area contributed by atoms with Crippen LogP contribution >= 0.6 is 0 Å². The number of nitrogens with zero attached hydrogens (tertiary/aromatic N) is 7. The van der Waals surface area contributed by atoms with Crippen molar-refractivity contribution in [1.82, 2.24) is 34.7 Å². The van der Waals surface area contributed by atoms with Crippen molar-refractivity contribution in [3.63, 3.8) is 0 Å². The summed E-state index contributed by atoms with van der Waals surface area (Å²) < 4.78 is 7.38. The van der Waals surface area contributed by atoms with E-state index in [9.17, 15) is 14.7 Å². The fourth-order valence-corrected chi connectivity index (χ4v) is 2.70. The Bertz CT molecular complexity index is 993. The van der Waals surface area contributed by atoms with Gasteiger partial charge < -0.3 is 19.5 Å². The third-order valence-corrected chi connectivity index (χ3v) is 3.92. The summed E-state index contributed by atoms with van der Waals surface area (Å²) in [4.78, 5) is 34.4. The van der Waals surface area contributed by atoms with Crippen LogP contribution in [0.2, 0.25) is 0 Å². The van der Waals surface area contributed by atoms with E-state index in [1.54, 1.807) is 6.07 Å². The monoisotopic (exact) mass is 380 g/mol. The number of aromatic amines is 1. The molecule has 0 bridgehead atoms. The summed E-state index contributed by atoms with van der Waals surface area (Å²) in [5, 5.41) is 21.2. The van der Waals surface area contributed by atoms with E-state index in [1.807, 2.05) is 4.90 Å². The number of H-pyrrole nitrogens is 1. The third kappa shape index (κ3) is 3.64. The van der Waals surface area contributed by atoms with Gasteiger partial charge in [0.25, 0.3) is 5.56 Å². The molecule has 1 fully saturated rings. The molecule has 27 heavy (non-hydrogen) atoms. The molecule has 1 aliphatic heterocycles. The Labute approximate surface area is 174 Å². The average molecular weight is 380 g/mol. The van der Waals surface area contributed by atoms with Gasteiger partial charge in [0.05, 0.1) is 31.6 Å². The van der Waals surface area contributed by atoms with Crippen LogP contribution in [0.1, 0.15) is 10.5 Å². The summed E-state index contributed by atoms with van der Waals surface area (Å²) in [5.41, 5.74) is -1.29. The van der Waals surface area contributed by atoms with Gasteiger partial charge in [-0.3, -0.25) is 9.89 Å². The van der Waals surface area contributed by atoms with E-state index in [-0.39, 0.29) is 41.1 Å². The molecule has 1 N–H and O–H groups in total. The van der Waals surface area contributed by atoms with Gasteiger partial charge in [-0.1, -0.05) is 5.21 Å². The molecule has 13 heteroatoms. The normalized spacial score (nSPS) is 14.0. The van der Waals surface area contributed by atoms with E-state index in [2.05, 4.69) is 25.4 Å². The number of ether oxygens (including phenoxy) is 1. The maximum Gasteiger partial charge on any atom is 1.00 e. The van der Waals surface area contributed by atoms with Crippen molar-refractivity contribution in [3.8, 4) is 11.5 Å². The summed E-state index contributed by atoms with van der Waals surface area (Å²) in [6.45, 7) is 2.47. The van der Waals surface area contributed by atoms with E-state index in [1.165, 1.54) is 18.7 Å². The molecule has 0 spiro atoms. The van der Waals surface area contributed by atoms with E-state index >= 15 is 0 Å². The predicted octanol–water partition coefficient (Wildman–Crippen LogP) is -5.26. The molecule has 12 nitrogen and oxygen atoms in total. The molecule has 0 atom stereocenters. The van der Waals surface area contributed by atoms with Crippen molar-refractivity contribution in [1.29, 1.82) is 0 Å². The number of anilines is 1. The van der Waals surface area contributed by atoms with Gasteiger partial charge in [0.15, 0.2) is 11.5 Å². The summed E-state index contributed by atoms with van der Waals surface area (Å²) in [7, 11) is 0. The predicted molar refractivity (Wildman–Crippen MR) is 84.3 cm³/mol. The van der Waals surface area contributed by atoms with Crippen molar-refractivity contribution in [2.24, 2.45) is 0 Å². The minimum Gasteiger partial charge on any atom is -0.543 e. The van der Waals surface area contributed by atoms with Crippen LogP contribution in [-0.2, 0) is 4.74 Å². The number of hydrogen-bond donors (Lipinski definition) is 1. The second-order valence-corrected chi connectivity index (χ2v) is 5.44. The van der Waals surface area contributed by atoms with Gasteiger partial charge in [-0.15, -0.1) is 5.10 Å². The number of carbonyl (C=O) groups excluding carboxylic acids is 1. The van der Waals surface area contributed by atoms with E-state index in [4.69, 9.17) is 4.74 Å². The summed E-state index contributed by atoms with van der Waals surface area (Å²) in [5.74, 6) is -0.744. The SMILES string of the molecule is O=C([O-])c1[nH]n(-c2cc(N3CCOCC3)ncn2)c(=O)c1-n1ccnn1.[Na+]. The van der Waals surface area contributed by atoms with Crippen LogP contribution in [0.3, 0.4) is 0 Å². The number of carboxylic acids is 1. The van der Waals surface area contributed by atoms with Gasteiger partial charge in [-0.05, 0) is 0 Å². The number of nitrogens with one attached hydrogen (secondary N) is 1. The molecule has 0 radical (unpaired) electrons. The van der Waals surface area contributed by atoms with Crippen LogP contribution in [0.25, 0.3) is 11.5 Å². The first-order valence-corrected chi connectivity index (χ1v) is 7.73. The number of morpholine rings is 1. The first kappa shape index (κ1) is 19.2. The fraction of sp³-hybridized carbons (Fsp3) is 0.286. The van der Waals surface area contributed by atoms with Crippen molar-refractivity contribution in [3.05, 3.63) is 40.8 Å². The smallest absolute Gasteiger partial charge is 0.543 e. The van der Waals surface area contributed by atoms with Crippen LogP contribution in [0, 0.1) is 0 Å². The van der Waals surface area contributed by atoms with Gasteiger partial charge in [0, 0.05) is 19.2 Å². The summed E-state index contributed by atoms with van der Waals surface area (Å²) in [6.07, 6.45) is 4.00. The Hall–Kier alpha value is -2.54. The van der Waals surface area contributed by atoms with Crippen molar-refractivity contribution < 1.29 is 44.2 Å². The molecule has 1 aliphatic rings. The quantitative estimate of drug-likeness (QED) is 0.438. The molecule has 0 aromatic carbocycles. The van der Waals surface area contributed by atoms with Crippen LogP contribution in [-0.4, -0.2) is 67.0 Å². The Balaban J connectivity index is 0.00000210. The van der Waals surface area contributed by atoms with E-state index in [0.717, 1.165) is 9.36 Å². The topological polar surface area (TPSA) is 147 Å². The number of carbonyl (C=O) groups is 1. The molecule has 0 saturated carbocycles. The number of aromatic nitrogens is 7. The molecule has 4 rings (SSSR count). The second kappa shape index (κ2) is 8.00. The zero-order valence-corrected chi connectivity index (χ0v) is 16.4. The Morgan fingerprint density at radius 3 is 2.63 bits per heavy atom. The van der Waals surface area contributed by atoms with Crippen molar-refractivity contribution >= 4 is 11.8 Å². The first-order valence-electron chi connectivity index (χ1n) is 7.73. The number of carboxylic acid groups (broad SMARTS) is 1. The minimum atomic E-state index is -1.55. The molecule has 134 valence electrons. The Morgan fingerprint density at radius 2 is 1.96 bits per heavy atom. The van der Waals surface area contributed by atoms with Crippen LogP contribution in [0.15, 0.2) is 29.6 Å².